The summed E-state index contributed by atoms with van der Waals surface area (Å²) in [5, 5.41) is 3.21. The van der Waals surface area contributed by atoms with Gasteiger partial charge in [-0.1, -0.05) is 36.4 Å². The number of methoxy groups -OCH3 is 1. The molecule has 0 atom stereocenters. The van der Waals surface area contributed by atoms with Crippen LogP contribution in [0.2, 0.25) is 0 Å². The van der Waals surface area contributed by atoms with Crippen molar-refractivity contribution in [2.45, 2.75) is 13.0 Å². The van der Waals surface area contributed by atoms with Crippen LogP contribution >= 0.6 is 0 Å². The number of nitrogens with one attached hydrogen (secondary N) is 1. The fourth-order valence-electron chi connectivity index (χ4n) is 3.34. The molecule has 0 unspecified atom stereocenters. The van der Waals surface area contributed by atoms with Crippen LogP contribution in [0.3, 0.4) is 0 Å². The molecule has 0 saturated carbocycles. The normalized spacial score (nSPS) is 14.5. The first-order chi connectivity index (χ1) is 13.7. The van der Waals surface area contributed by atoms with Crippen LogP contribution in [0, 0.1) is 0 Å². The summed E-state index contributed by atoms with van der Waals surface area (Å²) in [6.45, 7) is 4.80. The number of carbonyl (C=O) groups is 2. The van der Waals surface area contributed by atoms with Gasteiger partial charge in [0, 0.05) is 51.4 Å². The number of hydrogen-bond acceptors (Lipinski definition) is 5. The van der Waals surface area contributed by atoms with Gasteiger partial charge in [-0.25, -0.2) is 4.79 Å². The number of anilines is 1. The van der Waals surface area contributed by atoms with Gasteiger partial charge in [0.2, 0.25) is 5.91 Å². The Morgan fingerprint density at radius 1 is 1.00 bits per heavy atom. The SMILES string of the molecule is COC(=O)c1cccc(NCCC(=O)N2CCN(Cc3ccccc3)CC2)c1. The van der Waals surface area contributed by atoms with E-state index in [2.05, 4.69) is 34.5 Å². The minimum Gasteiger partial charge on any atom is -0.465 e. The summed E-state index contributed by atoms with van der Waals surface area (Å²) in [6, 6.07) is 17.5. The third-order valence-corrected chi connectivity index (χ3v) is 4.93. The zero-order valence-electron chi connectivity index (χ0n) is 16.3. The lowest BCUT2D eigenvalue weighted by molar-refractivity contribution is -0.132. The van der Waals surface area contributed by atoms with Crippen molar-refractivity contribution < 1.29 is 14.3 Å². The summed E-state index contributed by atoms with van der Waals surface area (Å²) in [5.41, 5.74) is 2.61. The Morgan fingerprint density at radius 2 is 1.75 bits per heavy atom. The maximum absolute atomic E-state index is 12.5. The van der Waals surface area contributed by atoms with Crippen LogP contribution in [0.1, 0.15) is 22.3 Å². The van der Waals surface area contributed by atoms with Gasteiger partial charge >= 0.3 is 5.97 Å². The molecule has 0 radical (unpaired) electrons. The first-order valence-corrected chi connectivity index (χ1v) is 9.62. The largest absolute Gasteiger partial charge is 0.465 e. The summed E-state index contributed by atoms with van der Waals surface area (Å²) in [7, 11) is 1.36. The minimum atomic E-state index is -0.367. The molecule has 1 N–H and O–H groups in total. The van der Waals surface area contributed by atoms with Gasteiger partial charge < -0.3 is 15.0 Å². The zero-order valence-corrected chi connectivity index (χ0v) is 16.3. The van der Waals surface area contributed by atoms with Crippen molar-refractivity contribution in [2.75, 3.05) is 45.2 Å². The quantitative estimate of drug-likeness (QED) is 0.747. The molecule has 1 fully saturated rings. The highest BCUT2D eigenvalue weighted by Gasteiger charge is 2.20. The third-order valence-electron chi connectivity index (χ3n) is 4.93. The predicted molar refractivity (Wildman–Crippen MR) is 109 cm³/mol. The highest BCUT2D eigenvalue weighted by atomic mass is 16.5. The topological polar surface area (TPSA) is 61.9 Å². The summed E-state index contributed by atoms with van der Waals surface area (Å²) < 4.78 is 4.73. The van der Waals surface area contributed by atoms with E-state index < -0.39 is 0 Å². The smallest absolute Gasteiger partial charge is 0.337 e. The molecule has 2 aromatic rings. The number of nitrogens with zero attached hydrogens (tertiary/aromatic N) is 2. The highest BCUT2D eigenvalue weighted by Crippen LogP contribution is 2.12. The average Bonchev–Trinajstić information content (AvgIpc) is 2.74. The first-order valence-electron chi connectivity index (χ1n) is 9.62. The van der Waals surface area contributed by atoms with Crippen LogP contribution in [0.4, 0.5) is 5.69 Å². The lowest BCUT2D eigenvalue weighted by Crippen LogP contribution is -2.48. The van der Waals surface area contributed by atoms with Gasteiger partial charge in [-0.3, -0.25) is 9.69 Å². The van der Waals surface area contributed by atoms with Gasteiger partial charge in [0.1, 0.15) is 0 Å². The van der Waals surface area contributed by atoms with Crippen LogP contribution < -0.4 is 5.32 Å². The number of ether oxygens (including phenoxy) is 1. The molecule has 2 aromatic carbocycles. The first kappa shape index (κ1) is 19.9. The Labute approximate surface area is 166 Å². The number of piperazine rings is 1. The van der Waals surface area contributed by atoms with Crippen molar-refractivity contribution >= 4 is 17.6 Å². The van der Waals surface area contributed by atoms with E-state index in [0.29, 0.717) is 18.5 Å². The second kappa shape index (κ2) is 9.90. The molecule has 6 nitrogen and oxygen atoms in total. The van der Waals surface area contributed by atoms with Crippen LogP contribution in [-0.2, 0) is 16.1 Å². The summed E-state index contributed by atoms with van der Waals surface area (Å²) >= 11 is 0. The van der Waals surface area contributed by atoms with E-state index in [9.17, 15) is 9.59 Å². The molecular weight excluding hydrogens is 354 g/mol. The van der Waals surface area contributed by atoms with E-state index in [-0.39, 0.29) is 11.9 Å². The second-order valence-corrected chi connectivity index (χ2v) is 6.89. The van der Waals surface area contributed by atoms with Gasteiger partial charge in [-0.05, 0) is 23.8 Å². The van der Waals surface area contributed by atoms with Gasteiger partial charge in [0.25, 0.3) is 0 Å². The van der Waals surface area contributed by atoms with Crippen molar-refractivity contribution in [3.63, 3.8) is 0 Å². The van der Waals surface area contributed by atoms with Crippen LogP contribution in [0.5, 0.6) is 0 Å². The second-order valence-electron chi connectivity index (χ2n) is 6.89. The molecule has 0 bridgehead atoms. The number of amides is 1. The summed E-state index contributed by atoms with van der Waals surface area (Å²) in [5.74, 6) is -0.205. The molecule has 1 aliphatic heterocycles. The Bertz CT molecular complexity index is 787. The molecule has 148 valence electrons. The van der Waals surface area contributed by atoms with Crippen LogP contribution in [0.15, 0.2) is 54.6 Å². The van der Waals surface area contributed by atoms with Crippen molar-refractivity contribution in [3.8, 4) is 0 Å². The number of hydrogen-bond donors (Lipinski definition) is 1. The molecule has 1 heterocycles. The molecule has 1 amide bonds. The maximum Gasteiger partial charge on any atom is 0.337 e. The molecule has 0 aliphatic carbocycles. The molecule has 3 rings (SSSR count). The number of rotatable bonds is 7. The molecule has 6 heteroatoms. The Hall–Kier alpha value is -2.86. The van der Waals surface area contributed by atoms with E-state index in [1.807, 2.05) is 17.0 Å². The number of carbonyl (C=O) groups excluding carboxylic acids is 2. The average molecular weight is 381 g/mol. The monoisotopic (exact) mass is 381 g/mol. The Kier molecular flexibility index (Phi) is 7.03. The number of benzene rings is 2. The molecule has 0 spiro atoms. The van der Waals surface area contributed by atoms with Crippen molar-refractivity contribution in [1.29, 1.82) is 0 Å². The molecular formula is C22H27N3O3. The predicted octanol–water partition coefficient (Wildman–Crippen LogP) is 2.62. The fraction of sp³-hybridized carbons (Fsp3) is 0.364. The van der Waals surface area contributed by atoms with E-state index in [0.717, 1.165) is 38.4 Å². The van der Waals surface area contributed by atoms with Crippen molar-refractivity contribution in [3.05, 3.63) is 65.7 Å². The molecule has 28 heavy (non-hydrogen) atoms. The van der Waals surface area contributed by atoms with Gasteiger partial charge in [-0.2, -0.15) is 0 Å². The van der Waals surface area contributed by atoms with E-state index in [4.69, 9.17) is 4.74 Å². The lowest BCUT2D eigenvalue weighted by Gasteiger charge is -2.34. The molecule has 0 aromatic heterocycles. The van der Waals surface area contributed by atoms with E-state index in [1.165, 1.54) is 12.7 Å². The minimum absolute atomic E-state index is 0.163. The number of esters is 1. The lowest BCUT2D eigenvalue weighted by atomic mass is 10.2. The van der Waals surface area contributed by atoms with E-state index in [1.54, 1.807) is 18.2 Å². The third kappa shape index (κ3) is 5.57. The van der Waals surface area contributed by atoms with Gasteiger partial charge in [0.15, 0.2) is 0 Å². The van der Waals surface area contributed by atoms with E-state index >= 15 is 0 Å². The summed E-state index contributed by atoms with van der Waals surface area (Å²) in [4.78, 5) is 28.4. The maximum atomic E-state index is 12.5. The molecule has 1 aliphatic rings. The van der Waals surface area contributed by atoms with Crippen molar-refractivity contribution in [2.24, 2.45) is 0 Å². The van der Waals surface area contributed by atoms with Gasteiger partial charge in [0.05, 0.1) is 12.7 Å². The van der Waals surface area contributed by atoms with Crippen LogP contribution in [-0.4, -0.2) is 61.5 Å². The summed E-state index contributed by atoms with van der Waals surface area (Å²) in [6.07, 6.45) is 0.432. The highest BCUT2D eigenvalue weighted by molar-refractivity contribution is 5.90. The van der Waals surface area contributed by atoms with Crippen LogP contribution in [0.25, 0.3) is 0 Å². The standard InChI is InChI=1S/C22H27N3O3/c1-28-22(27)19-8-5-9-20(16-19)23-11-10-21(26)25-14-12-24(13-15-25)17-18-6-3-2-4-7-18/h2-9,16,23H,10-15,17H2,1H3. The molecule has 1 saturated heterocycles. The zero-order chi connectivity index (χ0) is 19.8. The van der Waals surface area contributed by atoms with Gasteiger partial charge in [-0.15, -0.1) is 0 Å². The fourth-order valence-corrected chi connectivity index (χ4v) is 3.34. The Balaban J connectivity index is 1.40. The Morgan fingerprint density at radius 3 is 2.46 bits per heavy atom. The van der Waals surface area contributed by atoms with Crippen molar-refractivity contribution in [1.82, 2.24) is 9.80 Å².